The number of methoxy groups -OCH3 is 1. The molecule has 0 bridgehead atoms. The first kappa shape index (κ1) is 20.2. The van der Waals surface area contributed by atoms with E-state index in [4.69, 9.17) is 4.74 Å². The number of anilines is 1. The van der Waals surface area contributed by atoms with E-state index in [1.54, 1.807) is 19.4 Å². The van der Waals surface area contributed by atoms with Crippen molar-refractivity contribution >= 4 is 17.5 Å². The van der Waals surface area contributed by atoms with Gasteiger partial charge in [0.15, 0.2) is 0 Å². The van der Waals surface area contributed by atoms with Crippen LogP contribution in [0.3, 0.4) is 0 Å². The summed E-state index contributed by atoms with van der Waals surface area (Å²) in [4.78, 5) is 33.1. The van der Waals surface area contributed by atoms with Crippen LogP contribution in [-0.4, -0.2) is 40.5 Å². The molecule has 1 saturated carbocycles. The maximum absolute atomic E-state index is 13.6. The van der Waals surface area contributed by atoms with E-state index in [1.165, 1.54) is 0 Å². The van der Waals surface area contributed by atoms with Crippen LogP contribution < -0.4 is 5.32 Å². The number of fused-ring (bicyclic) bond motifs is 2. The number of nitrogens with one attached hydrogen (secondary N) is 1. The topological polar surface area (TPSA) is 71.5 Å². The third kappa shape index (κ3) is 3.43. The lowest BCUT2D eigenvalue weighted by Gasteiger charge is -2.39. The van der Waals surface area contributed by atoms with Gasteiger partial charge in [0.1, 0.15) is 0 Å². The predicted octanol–water partition coefficient (Wildman–Crippen LogP) is 3.98. The molecule has 1 unspecified atom stereocenters. The molecule has 3 aliphatic rings. The lowest BCUT2D eigenvalue weighted by molar-refractivity contribution is -0.0532. The third-order valence-electron chi connectivity index (χ3n) is 7.09. The number of carbonyl (C=O) groups is 2. The van der Waals surface area contributed by atoms with Crippen LogP contribution in [0.4, 0.5) is 5.69 Å². The summed E-state index contributed by atoms with van der Waals surface area (Å²) in [5.74, 6) is 0.273. The number of ether oxygens (including phenoxy) is 1. The lowest BCUT2D eigenvalue weighted by Crippen LogP contribution is -2.52. The highest BCUT2D eigenvalue weighted by Crippen LogP contribution is 2.44. The Morgan fingerprint density at radius 3 is 2.81 bits per heavy atom. The molecule has 0 saturated heterocycles. The van der Waals surface area contributed by atoms with E-state index in [1.807, 2.05) is 23.1 Å². The van der Waals surface area contributed by atoms with Crippen molar-refractivity contribution in [3.05, 3.63) is 58.4 Å². The van der Waals surface area contributed by atoms with Gasteiger partial charge in [-0.05, 0) is 75.1 Å². The highest BCUT2D eigenvalue weighted by molar-refractivity contribution is 6.11. The Morgan fingerprint density at radius 1 is 1.26 bits per heavy atom. The minimum atomic E-state index is -0.431. The molecule has 1 fully saturated rings. The minimum Gasteiger partial charge on any atom is -0.377 e. The van der Waals surface area contributed by atoms with Gasteiger partial charge in [-0.1, -0.05) is 12.1 Å². The van der Waals surface area contributed by atoms with Crippen LogP contribution in [0, 0.1) is 5.92 Å². The monoisotopic (exact) mass is 419 g/mol. The van der Waals surface area contributed by atoms with Crippen LogP contribution in [0.25, 0.3) is 0 Å². The zero-order valence-corrected chi connectivity index (χ0v) is 18.4. The van der Waals surface area contributed by atoms with Gasteiger partial charge in [-0.25, -0.2) is 0 Å². The Morgan fingerprint density at radius 2 is 2.06 bits per heavy atom. The molecule has 1 aromatic heterocycles. The summed E-state index contributed by atoms with van der Waals surface area (Å²) in [5.41, 5.74) is 4.44. The SMILES string of the molecule is COC(C)(C)C(C1CC1)N1Cc2cccc(NC(=O)c3ccnc4c3CCC4)c2C1=O. The van der Waals surface area contributed by atoms with Gasteiger partial charge in [0.2, 0.25) is 0 Å². The van der Waals surface area contributed by atoms with Crippen molar-refractivity contribution in [3.8, 4) is 0 Å². The van der Waals surface area contributed by atoms with Gasteiger partial charge in [-0.3, -0.25) is 14.6 Å². The summed E-state index contributed by atoms with van der Waals surface area (Å²) < 4.78 is 5.79. The number of hydrogen-bond donors (Lipinski definition) is 1. The molecule has 1 aliphatic heterocycles. The van der Waals surface area contributed by atoms with E-state index in [0.717, 1.165) is 48.9 Å². The number of aromatic nitrogens is 1. The number of benzene rings is 1. The molecule has 5 rings (SSSR count). The molecule has 1 atom stereocenters. The van der Waals surface area contributed by atoms with Gasteiger partial charge >= 0.3 is 0 Å². The second kappa shape index (κ2) is 7.45. The average Bonchev–Trinajstić information content (AvgIpc) is 3.35. The van der Waals surface area contributed by atoms with E-state index in [9.17, 15) is 9.59 Å². The Bertz CT molecular complexity index is 1060. The first-order valence-corrected chi connectivity index (χ1v) is 11.2. The lowest BCUT2D eigenvalue weighted by atomic mass is 9.92. The number of amides is 2. The van der Waals surface area contributed by atoms with Crippen molar-refractivity contribution in [1.82, 2.24) is 9.88 Å². The summed E-state index contributed by atoms with van der Waals surface area (Å²) in [6, 6.07) is 7.52. The molecule has 0 radical (unpaired) electrons. The largest absolute Gasteiger partial charge is 0.377 e. The molecule has 2 heterocycles. The molecule has 0 spiro atoms. The normalized spacial score (nSPS) is 18.7. The second-order valence-electron chi connectivity index (χ2n) is 9.45. The molecule has 6 nitrogen and oxygen atoms in total. The van der Waals surface area contributed by atoms with Crippen LogP contribution in [0.2, 0.25) is 0 Å². The number of nitrogens with zero attached hydrogens (tertiary/aromatic N) is 2. The fourth-order valence-electron chi connectivity index (χ4n) is 5.31. The summed E-state index contributed by atoms with van der Waals surface area (Å²) in [7, 11) is 1.71. The fraction of sp³-hybridized carbons (Fsp3) is 0.480. The summed E-state index contributed by atoms with van der Waals surface area (Å²) in [5, 5.41) is 3.03. The number of pyridine rings is 1. The fourth-order valence-corrected chi connectivity index (χ4v) is 5.31. The molecule has 1 aromatic carbocycles. The number of carbonyl (C=O) groups excluding carboxylic acids is 2. The number of rotatable bonds is 6. The average molecular weight is 420 g/mol. The third-order valence-corrected chi connectivity index (χ3v) is 7.09. The molecule has 2 amide bonds. The van der Waals surface area contributed by atoms with Gasteiger partial charge in [0.25, 0.3) is 11.8 Å². The van der Waals surface area contributed by atoms with E-state index in [-0.39, 0.29) is 17.9 Å². The number of hydrogen-bond acceptors (Lipinski definition) is 4. The van der Waals surface area contributed by atoms with Crippen molar-refractivity contribution in [2.75, 3.05) is 12.4 Å². The smallest absolute Gasteiger partial charge is 0.256 e. The number of aryl methyl sites for hydroxylation is 1. The van der Waals surface area contributed by atoms with E-state index >= 15 is 0 Å². The summed E-state index contributed by atoms with van der Waals surface area (Å²) in [6.45, 7) is 4.66. The first-order chi connectivity index (χ1) is 14.9. The van der Waals surface area contributed by atoms with Gasteiger partial charge < -0.3 is 15.0 Å². The van der Waals surface area contributed by atoms with Gasteiger partial charge in [0.05, 0.1) is 22.9 Å². The highest BCUT2D eigenvalue weighted by atomic mass is 16.5. The minimum absolute atomic E-state index is 0.0180. The molecule has 162 valence electrons. The van der Waals surface area contributed by atoms with Crippen molar-refractivity contribution in [1.29, 1.82) is 0 Å². The van der Waals surface area contributed by atoms with Gasteiger partial charge in [-0.15, -0.1) is 0 Å². The molecular formula is C25H29N3O3. The zero-order valence-electron chi connectivity index (χ0n) is 18.4. The highest BCUT2D eigenvalue weighted by Gasteiger charge is 2.49. The van der Waals surface area contributed by atoms with Gasteiger partial charge in [0, 0.05) is 31.1 Å². The predicted molar refractivity (Wildman–Crippen MR) is 118 cm³/mol. The molecule has 6 heteroatoms. The van der Waals surface area contributed by atoms with E-state index in [2.05, 4.69) is 24.1 Å². The van der Waals surface area contributed by atoms with Crippen LogP contribution in [0.5, 0.6) is 0 Å². The molecular weight excluding hydrogens is 390 g/mol. The Labute approximate surface area is 183 Å². The maximum atomic E-state index is 13.6. The van der Waals surface area contributed by atoms with Crippen LogP contribution in [0.15, 0.2) is 30.5 Å². The van der Waals surface area contributed by atoms with E-state index in [0.29, 0.717) is 29.3 Å². The van der Waals surface area contributed by atoms with Gasteiger partial charge in [-0.2, -0.15) is 0 Å². The molecule has 2 aliphatic carbocycles. The van der Waals surface area contributed by atoms with E-state index < -0.39 is 5.60 Å². The maximum Gasteiger partial charge on any atom is 0.256 e. The summed E-state index contributed by atoms with van der Waals surface area (Å²) >= 11 is 0. The van der Waals surface area contributed by atoms with Crippen LogP contribution in [-0.2, 0) is 24.1 Å². The quantitative estimate of drug-likeness (QED) is 0.769. The standard InChI is InChI=1S/C25H29N3O3/c1-25(2,31-3)22(15-10-11-15)28-14-16-6-4-9-20(21(16)24(28)30)27-23(29)18-12-13-26-19-8-5-7-17(18)19/h4,6,9,12-13,15,22H,5,7-8,10-11,14H2,1-3H3,(H,27,29). The van der Waals surface area contributed by atoms with Crippen LogP contribution in [0.1, 0.15) is 70.6 Å². The second-order valence-corrected chi connectivity index (χ2v) is 9.45. The van der Waals surface area contributed by atoms with Crippen LogP contribution >= 0.6 is 0 Å². The summed E-state index contributed by atoms with van der Waals surface area (Å²) in [6.07, 6.45) is 6.76. The Kier molecular flexibility index (Phi) is 4.85. The molecule has 1 N–H and O–H groups in total. The van der Waals surface area contributed by atoms with Crippen molar-refractivity contribution in [3.63, 3.8) is 0 Å². The van der Waals surface area contributed by atoms with Crippen molar-refractivity contribution in [2.45, 2.75) is 64.1 Å². The zero-order chi connectivity index (χ0) is 21.8. The van der Waals surface area contributed by atoms with Crippen molar-refractivity contribution in [2.24, 2.45) is 5.92 Å². The van der Waals surface area contributed by atoms with Crippen molar-refractivity contribution < 1.29 is 14.3 Å². The molecule has 2 aromatic rings. The first-order valence-electron chi connectivity index (χ1n) is 11.2. The Balaban J connectivity index is 1.44. The molecule has 31 heavy (non-hydrogen) atoms. The Hall–Kier alpha value is -2.73.